The molecule has 10 heteroatoms. The van der Waals surface area contributed by atoms with Crippen LogP contribution in [0.2, 0.25) is 0 Å². The number of fused-ring (bicyclic) bond motifs is 4. The molecule has 0 saturated heterocycles. The molecule has 0 fully saturated rings. The first kappa shape index (κ1) is 31.5. The molecule has 4 atom stereocenters. The molecule has 248 valence electrons. The highest BCUT2D eigenvalue weighted by Gasteiger charge is 2.45. The summed E-state index contributed by atoms with van der Waals surface area (Å²) in [6.07, 6.45) is 0.554. The minimum atomic E-state index is -0.727. The Morgan fingerprint density at radius 2 is 1.56 bits per heavy atom. The van der Waals surface area contributed by atoms with Crippen LogP contribution in [-0.4, -0.2) is 37.9 Å². The van der Waals surface area contributed by atoms with Gasteiger partial charge in [-0.05, 0) is 42.0 Å². The minimum absolute atomic E-state index is 0.151. The summed E-state index contributed by atoms with van der Waals surface area (Å²) in [6, 6.07) is 27.2. The second-order valence-corrected chi connectivity index (χ2v) is 12.7. The normalized spacial score (nSPS) is 20.2. The highest BCUT2D eigenvalue weighted by atomic mass is 16.7. The number of rotatable bonds is 8. The number of nitrogens with one attached hydrogen (secondary N) is 1. The van der Waals surface area contributed by atoms with Crippen molar-refractivity contribution in [3.63, 3.8) is 0 Å². The first-order valence-electron chi connectivity index (χ1n) is 16.5. The van der Waals surface area contributed by atoms with E-state index in [1.54, 1.807) is 11.9 Å². The third kappa shape index (κ3) is 5.70. The van der Waals surface area contributed by atoms with Crippen LogP contribution in [0.25, 0.3) is 10.9 Å². The summed E-state index contributed by atoms with van der Waals surface area (Å²) in [5, 5.41) is 1.12. The maximum absolute atomic E-state index is 14.0. The topological polar surface area (TPSA) is 108 Å². The molecule has 4 heterocycles. The number of aromatic amines is 1. The van der Waals surface area contributed by atoms with Crippen LogP contribution < -0.4 is 16.0 Å². The van der Waals surface area contributed by atoms with Gasteiger partial charge in [0.25, 0.3) is 5.56 Å². The number of para-hydroxylation sites is 1. The van der Waals surface area contributed by atoms with Gasteiger partial charge in [-0.2, -0.15) is 0 Å². The fourth-order valence-corrected chi connectivity index (χ4v) is 7.42. The summed E-state index contributed by atoms with van der Waals surface area (Å²) in [5.74, 6) is -0.443. The van der Waals surface area contributed by atoms with Gasteiger partial charge in [0.1, 0.15) is 6.61 Å². The summed E-state index contributed by atoms with van der Waals surface area (Å²) >= 11 is 0. The Bertz CT molecular complexity index is 2050. The number of H-pyrrole nitrogens is 1. The lowest BCUT2D eigenvalue weighted by atomic mass is 9.77. The van der Waals surface area contributed by atoms with E-state index in [0.29, 0.717) is 38.0 Å². The van der Waals surface area contributed by atoms with E-state index in [1.807, 2.05) is 78.9 Å². The molecule has 2 aliphatic heterocycles. The third-order valence-corrected chi connectivity index (χ3v) is 9.91. The fourth-order valence-electron chi connectivity index (χ4n) is 7.42. The van der Waals surface area contributed by atoms with Crippen LogP contribution in [0.3, 0.4) is 0 Å². The SMILES string of the molecule is CC[C@H]1[C@H](OCc2ccccc2)Oc2c(c(=O)n(C)c(=O)n2C)[C@@H]1C[C@@H]1c2[nH]c3ccccc3c2CCN1C(=O)OCc1ccccc1. The summed E-state index contributed by atoms with van der Waals surface area (Å²) < 4.78 is 21.3. The van der Waals surface area contributed by atoms with E-state index in [0.717, 1.165) is 37.9 Å². The van der Waals surface area contributed by atoms with Gasteiger partial charge < -0.3 is 19.2 Å². The van der Waals surface area contributed by atoms with Gasteiger partial charge in [-0.3, -0.25) is 18.8 Å². The zero-order chi connectivity index (χ0) is 33.4. The largest absolute Gasteiger partial charge is 0.449 e. The molecular formula is C38H40N4O6. The highest BCUT2D eigenvalue weighted by molar-refractivity contribution is 5.85. The smallest absolute Gasteiger partial charge is 0.410 e. The van der Waals surface area contributed by atoms with E-state index in [2.05, 4.69) is 18.0 Å². The molecule has 3 aromatic carbocycles. The average molecular weight is 649 g/mol. The van der Waals surface area contributed by atoms with Crippen molar-refractivity contribution in [2.24, 2.45) is 20.0 Å². The molecule has 0 bridgehead atoms. The van der Waals surface area contributed by atoms with Crippen molar-refractivity contribution in [1.82, 2.24) is 19.0 Å². The highest BCUT2D eigenvalue weighted by Crippen LogP contribution is 2.47. The minimum Gasteiger partial charge on any atom is -0.449 e. The Labute approximate surface area is 278 Å². The maximum atomic E-state index is 14.0. The number of carbonyl (C=O) groups excluding carboxylic acids is 1. The van der Waals surface area contributed by atoms with E-state index < -0.39 is 35.6 Å². The molecule has 7 rings (SSSR count). The van der Waals surface area contributed by atoms with Crippen LogP contribution in [-0.2, 0) is 43.2 Å². The summed E-state index contributed by atoms with van der Waals surface area (Å²) in [6.45, 7) is 2.96. The molecule has 1 amide bonds. The number of carbonyl (C=O) groups is 1. The van der Waals surface area contributed by atoms with Crippen LogP contribution in [0, 0.1) is 5.92 Å². The average Bonchev–Trinajstić information content (AvgIpc) is 3.51. The van der Waals surface area contributed by atoms with Gasteiger partial charge in [-0.15, -0.1) is 0 Å². The second-order valence-electron chi connectivity index (χ2n) is 12.7. The van der Waals surface area contributed by atoms with Crippen LogP contribution in [0.4, 0.5) is 4.79 Å². The number of amides is 1. The van der Waals surface area contributed by atoms with E-state index >= 15 is 0 Å². The zero-order valence-corrected chi connectivity index (χ0v) is 27.4. The lowest BCUT2D eigenvalue weighted by molar-refractivity contribution is -0.146. The van der Waals surface area contributed by atoms with Gasteiger partial charge in [-0.1, -0.05) is 85.8 Å². The summed E-state index contributed by atoms with van der Waals surface area (Å²) in [4.78, 5) is 46.4. The van der Waals surface area contributed by atoms with Gasteiger partial charge >= 0.3 is 11.8 Å². The molecule has 10 nitrogen and oxygen atoms in total. The number of hydrogen-bond acceptors (Lipinski definition) is 6. The Morgan fingerprint density at radius 3 is 2.27 bits per heavy atom. The predicted octanol–water partition coefficient (Wildman–Crippen LogP) is 5.94. The number of nitrogens with zero attached hydrogens (tertiary/aromatic N) is 3. The van der Waals surface area contributed by atoms with Gasteiger partial charge in [-0.25, -0.2) is 9.59 Å². The Balaban J connectivity index is 1.30. The molecule has 0 aliphatic carbocycles. The number of benzene rings is 3. The fraction of sp³-hybridized carbons (Fsp3) is 0.342. The van der Waals surface area contributed by atoms with Crippen molar-refractivity contribution in [3.05, 3.63) is 134 Å². The quantitative estimate of drug-likeness (QED) is 0.223. The molecular weight excluding hydrogens is 608 g/mol. The number of hydrogen-bond donors (Lipinski definition) is 1. The predicted molar refractivity (Wildman–Crippen MR) is 182 cm³/mol. The summed E-state index contributed by atoms with van der Waals surface area (Å²) in [7, 11) is 3.10. The lowest BCUT2D eigenvalue weighted by Gasteiger charge is -2.42. The van der Waals surface area contributed by atoms with Gasteiger partial charge in [0.2, 0.25) is 12.2 Å². The maximum Gasteiger partial charge on any atom is 0.410 e. The van der Waals surface area contributed by atoms with Crippen molar-refractivity contribution in [1.29, 1.82) is 0 Å². The summed E-state index contributed by atoms with van der Waals surface area (Å²) in [5.41, 5.74) is 4.52. The van der Waals surface area contributed by atoms with Gasteiger partial charge in [0.15, 0.2) is 0 Å². The van der Waals surface area contributed by atoms with Gasteiger partial charge in [0.05, 0.1) is 18.2 Å². The Hall–Kier alpha value is -5.09. The van der Waals surface area contributed by atoms with Crippen molar-refractivity contribution in [2.45, 2.75) is 57.6 Å². The lowest BCUT2D eigenvalue weighted by Crippen LogP contribution is -2.49. The first-order chi connectivity index (χ1) is 23.4. The molecule has 1 N–H and O–H groups in total. The Morgan fingerprint density at radius 1 is 0.896 bits per heavy atom. The number of ether oxygens (including phenoxy) is 3. The van der Waals surface area contributed by atoms with Crippen LogP contribution >= 0.6 is 0 Å². The third-order valence-electron chi connectivity index (χ3n) is 9.91. The molecule has 2 aromatic heterocycles. The van der Waals surface area contributed by atoms with E-state index in [-0.39, 0.29) is 18.4 Å². The molecule has 0 spiro atoms. The molecule has 5 aromatic rings. The molecule has 48 heavy (non-hydrogen) atoms. The van der Waals surface area contributed by atoms with Crippen LogP contribution in [0.5, 0.6) is 5.88 Å². The Kier molecular flexibility index (Phi) is 8.66. The van der Waals surface area contributed by atoms with E-state index in [9.17, 15) is 14.4 Å². The van der Waals surface area contributed by atoms with Crippen molar-refractivity contribution in [2.75, 3.05) is 6.54 Å². The number of aromatic nitrogens is 3. The van der Waals surface area contributed by atoms with Crippen LogP contribution in [0.1, 0.15) is 59.7 Å². The standard InChI is InChI=1S/C38H40N4O6/c1-4-26-29(32-34(43)40(2)37(44)41(3)35(32)48-36(26)46-22-24-13-7-5-8-14-24)21-31-33-28(27-17-11-12-18-30(27)39-33)19-20-42(31)38(45)47-23-25-15-9-6-10-16-25/h5-18,26,29,31,36,39H,4,19-23H2,1-3H3/t26-,29-,31-,36-/m1/s1. The van der Waals surface area contributed by atoms with Crippen molar-refractivity contribution >= 4 is 17.0 Å². The molecule has 0 radical (unpaired) electrons. The van der Waals surface area contributed by atoms with E-state index in [1.165, 1.54) is 11.6 Å². The van der Waals surface area contributed by atoms with Crippen molar-refractivity contribution < 1.29 is 19.0 Å². The van der Waals surface area contributed by atoms with E-state index in [4.69, 9.17) is 14.2 Å². The molecule has 0 unspecified atom stereocenters. The molecule has 0 saturated carbocycles. The monoisotopic (exact) mass is 648 g/mol. The van der Waals surface area contributed by atoms with Crippen molar-refractivity contribution in [3.8, 4) is 5.88 Å². The zero-order valence-electron chi connectivity index (χ0n) is 27.4. The first-order valence-corrected chi connectivity index (χ1v) is 16.5. The molecule has 2 aliphatic rings. The second kappa shape index (κ2) is 13.2. The van der Waals surface area contributed by atoms with Crippen LogP contribution in [0.15, 0.2) is 94.5 Å². The van der Waals surface area contributed by atoms with Gasteiger partial charge in [0, 0.05) is 49.1 Å².